The molecule has 17 heavy (non-hydrogen) atoms. The molecule has 0 aromatic heterocycles. The fourth-order valence-corrected chi connectivity index (χ4v) is 2.83. The highest BCUT2D eigenvalue weighted by Crippen LogP contribution is 2.16. The molecule has 0 fully saturated rings. The first-order valence-corrected chi connectivity index (χ1v) is 7.15. The van der Waals surface area contributed by atoms with Crippen molar-refractivity contribution in [2.24, 2.45) is 0 Å². The molecule has 0 radical (unpaired) electrons. The number of benzene rings is 1. The van der Waals surface area contributed by atoms with E-state index in [4.69, 9.17) is 11.6 Å². The van der Waals surface area contributed by atoms with E-state index < -0.39 is 10.8 Å². The van der Waals surface area contributed by atoms with Gasteiger partial charge in [-0.15, -0.1) is 0 Å². The Kier molecular flexibility index (Phi) is 6.22. The van der Waals surface area contributed by atoms with Crippen molar-refractivity contribution in [1.29, 1.82) is 0 Å². The Morgan fingerprint density at radius 2 is 2.12 bits per heavy atom. The molecule has 1 atom stereocenters. The highest BCUT2D eigenvalue weighted by molar-refractivity contribution is 7.84. The lowest BCUT2D eigenvalue weighted by Gasteiger charge is -2.04. The zero-order chi connectivity index (χ0) is 12.7. The largest absolute Gasteiger partial charge is 0.469 e. The van der Waals surface area contributed by atoms with Crippen molar-refractivity contribution in [2.75, 3.05) is 12.9 Å². The van der Waals surface area contributed by atoms with Crippen molar-refractivity contribution < 1.29 is 13.7 Å². The molecule has 0 saturated heterocycles. The maximum Gasteiger partial charge on any atom is 0.305 e. The summed E-state index contributed by atoms with van der Waals surface area (Å²) in [7, 11) is 0.358. The maximum absolute atomic E-state index is 11.7. The van der Waals surface area contributed by atoms with Crippen LogP contribution >= 0.6 is 11.6 Å². The fraction of sp³-hybridized carbons (Fsp3) is 0.417. The van der Waals surface area contributed by atoms with Crippen LogP contribution in [0.3, 0.4) is 0 Å². The molecule has 0 aliphatic carbocycles. The average molecular weight is 275 g/mol. The van der Waals surface area contributed by atoms with Gasteiger partial charge in [0.15, 0.2) is 0 Å². The highest BCUT2D eigenvalue weighted by atomic mass is 35.5. The maximum atomic E-state index is 11.7. The van der Waals surface area contributed by atoms with Crippen molar-refractivity contribution in [3.8, 4) is 0 Å². The van der Waals surface area contributed by atoms with Crippen molar-refractivity contribution in [3.05, 3.63) is 34.9 Å². The Morgan fingerprint density at radius 1 is 1.41 bits per heavy atom. The van der Waals surface area contributed by atoms with E-state index in [1.807, 2.05) is 18.2 Å². The van der Waals surface area contributed by atoms with Crippen molar-refractivity contribution >= 4 is 28.4 Å². The Labute approximate surface area is 109 Å². The van der Waals surface area contributed by atoms with Gasteiger partial charge in [-0.25, -0.2) is 0 Å². The van der Waals surface area contributed by atoms with E-state index in [9.17, 15) is 9.00 Å². The summed E-state index contributed by atoms with van der Waals surface area (Å²) in [5.41, 5.74) is 0.880. The van der Waals surface area contributed by atoms with E-state index in [0.717, 1.165) is 5.56 Å². The summed E-state index contributed by atoms with van der Waals surface area (Å²) in [6.45, 7) is 0. The predicted octanol–water partition coefficient (Wildman–Crippen LogP) is 2.54. The van der Waals surface area contributed by atoms with Gasteiger partial charge in [-0.05, 0) is 18.1 Å². The van der Waals surface area contributed by atoms with Crippen LogP contribution < -0.4 is 0 Å². The second-order valence-corrected chi connectivity index (χ2v) is 5.54. The van der Waals surface area contributed by atoms with E-state index in [0.29, 0.717) is 29.4 Å². The van der Waals surface area contributed by atoms with Gasteiger partial charge in [0.2, 0.25) is 0 Å². The minimum absolute atomic E-state index is 0.264. The molecule has 0 saturated carbocycles. The first kappa shape index (κ1) is 14.2. The zero-order valence-corrected chi connectivity index (χ0v) is 11.2. The number of halogens is 1. The van der Waals surface area contributed by atoms with Crippen molar-refractivity contribution in [1.82, 2.24) is 0 Å². The SMILES string of the molecule is COC(=O)CCCS(=O)Cc1ccccc1Cl. The predicted molar refractivity (Wildman–Crippen MR) is 69.4 cm³/mol. The third-order valence-corrected chi connectivity index (χ3v) is 4.00. The van der Waals surface area contributed by atoms with E-state index >= 15 is 0 Å². The number of carbonyl (C=O) groups excluding carboxylic acids is 1. The van der Waals surface area contributed by atoms with Gasteiger partial charge in [-0.2, -0.15) is 0 Å². The Bertz CT molecular complexity index is 406. The van der Waals surface area contributed by atoms with Crippen LogP contribution in [-0.4, -0.2) is 23.0 Å². The summed E-state index contributed by atoms with van der Waals surface area (Å²) in [5.74, 6) is 0.654. The molecule has 5 heteroatoms. The minimum Gasteiger partial charge on any atom is -0.469 e. The molecular formula is C12H15ClO3S. The van der Waals surface area contributed by atoms with Gasteiger partial charge < -0.3 is 4.74 Å². The minimum atomic E-state index is -0.992. The number of hydrogen-bond donors (Lipinski definition) is 0. The normalized spacial score (nSPS) is 12.1. The first-order chi connectivity index (χ1) is 8.13. The number of carbonyl (C=O) groups is 1. The first-order valence-electron chi connectivity index (χ1n) is 5.28. The van der Waals surface area contributed by atoms with Gasteiger partial charge >= 0.3 is 5.97 Å². The third-order valence-electron chi connectivity index (χ3n) is 2.25. The smallest absolute Gasteiger partial charge is 0.305 e. The number of rotatable bonds is 6. The van der Waals surface area contributed by atoms with E-state index in [2.05, 4.69) is 4.74 Å². The summed E-state index contributed by atoms with van der Waals surface area (Å²) in [6.07, 6.45) is 0.883. The molecule has 0 spiro atoms. The molecule has 0 amide bonds. The number of hydrogen-bond acceptors (Lipinski definition) is 3. The molecule has 1 aromatic carbocycles. The highest BCUT2D eigenvalue weighted by Gasteiger charge is 2.07. The van der Waals surface area contributed by atoms with Crippen molar-refractivity contribution in [2.45, 2.75) is 18.6 Å². The summed E-state index contributed by atoms with van der Waals surface area (Å²) in [5, 5.41) is 0.633. The molecule has 1 rings (SSSR count). The molecule has 3 nitrogen and oxygen atoms in total. The van der Waals surface area contributed by atoms with E-state index in [-0.39, 0.29) is 5.97 Å². The molecule has 0 heterocycles. The van der Waals surface area contributed by atoms with E-state index in [1.54, 1.807) is 6.07 Å². The number of ether oxygens (including phenoxy) is 1. The van der Waals surface area contributed by atoms with Crippen LogP contribution in [0.25, 0.3) is 0 Å². The second-order valence-electron chi connectivity index (χ2n) is 3.56. The van der Waals surface area contributed by atoms with Crippen molar-refractivity contribution in [3.63, 3.8) is 0 Å². The lowest BCUT2D eigenvalue weighted by Crippen LogP contribution is -2.06. The molecule has 1 aromatic rings. The fourth-order valence-electron chi connectivity index (χ4n) is 1.34. The molecule has 0 aliphatic heterocycles. The molecular weight excluding hydrogens is 260 g/mol. The van der Waals surface area contributed by atoms with Crippen LogP contribution in [0.1, 0.15) is 18.4 Å². The Balaban J connectivity index is 2.35. The van der Waals surface area contributed by atoms with Crippen LogP contribution in [0.5, 0.6) is 0 Å². The number of esters is 1. The molecule has 0 N–H and O–H groups in total. The summed E-state index contributed by atoms with van der Waals surface area (Å²) >= 11 is 5.97. The monoisotopic (exact) mass is 274 g/mol. The Morgan fingerprint density at radius 3 is 2.76 bits per heavy atom. The standard InChI is InChI=1S/C12H15ClO3S/c1-16-12(14)7-4-8-17(15)9-10-5-2-3-6-11(10)13/h2-3,5-6H,4,7-9H2,1H3. The number of methoxy groups -OCH3 is 1. The van der Waals surface area contributed by atoms with Crippen LogP contribution in [0.2, 0.25) is 5.02 Å². The van der Waals surface area contributed by atoms with Crippen LogP contribution in [0.15, 0.2) is 24.3 Å². The van der Waals surface area contributed by atoms with Crippen LogP contribution in [-0.2, 0) is 26.1 Å². The van der Waals surface area contributed by atoms with Crippen LogP contribution in [0, 0.1) is 0 Å². The van der Waals surface area contributed by atoms with Gasteiger partial charge in [0.25, 0.3) is 0 Å². The lowest BCUT2D eigenvalue weighted by atomic mass is 10.2. The lowest BCUT2D eigenvalue weighted by molar-refractivity contribution is -0.140. The molecule has 0 bridgehead atoms. The van der Waals surface area contributed by atoms with Gasteiger partial charge in [0.1, 0.15) is 0 Å². The summed E-state index contributed by atoms with van der Waals surface area (Å²) < 4.78 is 16.2. The third kappa shape index (κ3) is 5.33. The molecule has 0 aliphatic rings. The average Bonchev–Trinajstić information content (AvgIpc) is 2.32. The van der Waals surface area contributed by atoms with Gasteiger partial charge in [0.05, 0.1) is 7.11 Å². The van der Waals surface area contributed by atoms with Gasteiger partial charge in [-0.1, -0.05) is 29.8 Å². The zero-order valence-electron chi connectivity index (χ0n) is 9.65. The second kappa shape index (κ2) is 7.45. The summed E-state index contributed by atoms with van der Waals surface area (Å²) in [4.78, 5) is 10.9. The van der Waals surface area contributed by atoms with Crippen LogP contribution in [0.4, 0.5) is 0 Å². The molecule has 94 valence electrons. The van der Waals surface area contributed by atoms with E-state index in [1.165, 1.54) is 7.11 Å². The summed E-state index contributed by atoms with van der Waals surface area (Å²) in [6, 6.07) is 7.35. The topological polar surface area (TPSA) is 43.4 Å². The molecule has 1 unspecified atom stereocenters. The van der Waals surface area contributed by atoms with Gasteiger partial charge in [-0.3, -0.25) is 9.00 Å². The Hall–Kier alpha value is -0.870. The van der Waals surface area contributed by atoms with Gasteiger partial charge in [0, 0.05) is 33.7 Å². The quantitative estimate of drug-likeness (QED) is 0.749.